The lowest BCUT2D eigenvalue weighted by molar-refractivity contribution is -0.0106. The zero-order valence-electron chi connectivity index (χ0n) is 22.4. The van der Waals surface area contributed by atoms with Crippen molar-refractivity contribution >= 4 is 34.3 Å². The van der Waals surface area contributed by atoms with E-state index in [1.54, 1.807) is 39.8 Å². The molecule has 0 radical (unpaired) electrons. The Morgan fingerprint density at radius 1 is 1.27 bits per heavy atom. The molecule has 0 bridgehead atoms. The number of esters is 1. The largest absolute Gasteiger partial charge is 0.486 e. The highest BCUT2D eigenvalue weighted by atomic mass is 32.1. The summed E-state index contributed by atoms with van der Waals surface area (Å²) in [6.45, 7) is 7.25. The summed E-state index contributed by atoms with van der Waals surface area (Å²) in [5.74, 6) is 0.0639. The van der Waals surface area contributed by atoms with E-state index in [9.17, 15) is 19.2 Å². The maximum absolute atomic E-state index is 15.0. The van der Waals surface area contributed by atoms with E-state index in [0.717, 1.165) is 0 Å². The van der Waals surface area contributed by atoms with E-state index in [1.807, 2.05) is 0 Å². The molecule has 4 rings (SSSR count). The Morgan fingerprint density at radius 2 is 2.08 bits per heavy atom. The molecule has 0 aliphatic carbocycles. The number of benzene rings is 1. The van der Waals surface area contributed by atoms with Crippen LogP contribution >= 0.6 is 11.3 Å². The van der Waals surface area contributed by atoms with Crippen LogP contribution in [-0.2, 0) is 9.47 Å². The van der Waals surface area contributed by atoms with E-state index in [4.69, 9.17) is 14.2 Å². The zero-order chi connectivity index (χ0) is 28.9. The van der Waals surface area contributed by atoms with Crippen molar-refractivity contribution in [2.75, 3.05) is 25.0 Å². The van der Waals surface area contributed by atoms with E-state index in [2.05, 4.69) is 31.3 Å². The van der Waals surface area contributed by atoms with Crippen molar-refractivity contribution in [3.05, 3.63) is 41.3 Å². The molecule has 14 heteroatoms. The number of ether oxygens (including phenoxy) is 3. The molecule has 1 fully saturated rings. The van der Waals surface area contributed by atoms with Crippen LogP contribution in [0.15, 0.2) is 30.0 Å². The molecule has 1 N–H and O–H groups in total. The van der Waals surface area contributed by atoms with Crippen LogP contribution in [0.3, 0.4) is 0 Å². The average molecular weight is 570 g/mol. The van der Waals surface area contributed by atoms with Gasteiger partial charge >= 0.3 is 12.1 Å². The number of anilines is 2. The summed E-state index contributed by atoms with van der Waals surface area (Å²) in [5.41, 5.74) is 1.60. The van der Waals surface area contributed by atoms with E-state index in [0.29, 0.717) is 10.6 Å². The first-order valence-electron chi connectivity index (χ1n) is 12.5. The smallest absolute Gasteiger partial charge is 0.410 e. The molecule has 0 unspecified atom stereocenters. The molecular weight excluding hydrogens is 541 g/mol. The third-order valence-corrected chi connectivity index (χ3v) is 6.35. The van der Waals surface area contributed by atoms with Crippen molar-refractivity contribution in [3.8, 4) is 23.2 Å². The fourth-order valence-corrected chi connectivity index (χ4v) is 4.47. The van der Waals surface area contributed by atoms with Crippen molar-refractivity contribution in [1.29, 1.82) is 5.26 Å². The second kappa shape index (κ2) is 12.2. The van der Waals surface area contributed by atoms with Gasteiger partial charge in [0, 0.05) is 18.5 Å². The molecule has 12 nitrogen and oxygen atoms in total. The first-order chi connectivity index (χ1) is 19.1. The molecule has 1 saturated heterocycles. The van der Waals surface area contributed by atoms with Crippen LogP contribution < -0.4 is 10.1 Å². The van der Waals surface area contributed by atoms with Crippen molar-refractivity contribution < 1.29 is 28.2 Å². The Kier molecular flexibility index (Phi) is 8.73. The van der Waals surface area contributed by atoms with Crippen molar-refractivity contribution in [1.82, 2.24) is 24.8 Å². The topological polar surface area (TPSA) is 152 Å². The lowest BCUT2D eigenvalue weighted by atomic mass is 10.1. The second-order valence-electron chi connectivity index (χ2n) is 9.72. The summed E-state index contributed by atoms with van der Waals surface area (Å²) in [7, 11) is 0. The Bertz CT molecular complexity index is 1420. The molecule has 2 atom stereocenters. The number of hydrogen-bond donors (Lipinski definition) is 1. The zero-order valence-corrected chi connectivity index (χ0v) is 23.2. The number of aromatic nitrogens is 4. The van der Waals surface area contributed by atoms with Gasteiger partial charge in [-0.05, 0) is 45.9 Å². The van der Waals surface area contributed by atoms with Crippen LogP contribution in [-0.4, -0.2) is 74.5 Å². The van der Waals surface area contributed by atoms with Gasteiger partial charge in [-0.15, -0.1) is 11.3 Å². The molecule has 1 aliphatic rings. The molecule has 2 aromatic heterocycles. The molecule has 0 spiro atoms. The number of rotatable bonds is 7. The predicted octanol–water partition coefficient (Wildman–Crippen LogP) is 4.51. The first kappa shape index (κ1) is 28.6. The number of carbonyl (C=O) groups excluding carboxylic acids is 2. The third kappa shape index (κ3) is 6.97. The van der Waals surface area contributed by atoms with Gasteiger partial charge in [-0.1, -0.05) is 0 Å². The van der Waals surface area contributed by atoms with Crippen LogP contribution in [0.1, 0.15) is 50.2 Å². The number of nitrogens with zero attached hydrogens (tertiary/aromatic N) is 6. The fourth-order valence-electron chi connectivity index (χ4n) is 3.81. The minimum atomic E-state index is -1.46. The van der Waals surface area contributed by atoms with E-state index in [1.165, 1.54) is 34.1 Å². The Hall–Kier alpha value is -4.38. The van der Waals surface area contributed by atoms with Gasteiger partial charge in [0.15, 0.2) is 17.7 Å². The number of amides is 1. The van der Waals surface area contributed by atoms with Gasteiger partial charge in [0.2, 0.25) is 5.95 Å². The standard InChI is InChI=1S/C26H28FN7O5S/c1-5-37-23(35)20-22(40-14-31-20)33-24-30-13-29-21(32-24)15-6-7-18(16(10-15)11-28)38-19-8-9-34(12-17(19)27)25(36)39-26(2,3)4/h6-7,10,13-14,17,19H,5,8-9,12H2,1-4H3,(H,29,30,32,33)/t17-,19-/m0/s1. The van der Waals surface area contributed by atoms with Crippen LogP contribution in [0, 0.1) is 11.3 Å². The summed E-state index contributed by atoms with van der Waals surface area (Å²) >= 11 is 1.19. The van der Waals surface area contributed by atoms with Gasteiger partial charge in [-0.2, -0.15) is 10.2 Å². The van der Waals surface area contributed by atoms with Crippen LogP contribution in [0.5, 0.6) is 5.75 Å². The number of likely N-dealkylation sites (tertiary alicyclic amines) is 1. The van der Waals surface area contributed by atoms with Crippen LogP contribution in [0.25, 0.3) is 11.4 Å². The van der Waals surface area contributed by atoms with Crippen LogP contribution in [0.4, 0.5) is 20.1 Å². The molecular formula is C26H28FN7O5S. The maximum atomic E-state index is 15.0. The second-order valence-corrected chi connectivity index (χ2v) is 10.6. The number of piperidine rings is 1. The average Bonchev–Trinajstić information content (AvgIpc) is 3.37. The number of halogens is 1. The quantitative estimate of drug-likeness (QED) is 0.400. The normalized spacial score (nSPS) is 17.1. The van der Waals surface area contributed by atoms with Gasteiger partial charge < -0.3 is 24.4 Å². The summed E-state index contributed by atoms with van der Waals surface area (Å²) in [4.78, 5) is 42.4. The number of hydrogen-bond acceptors (Lipinski definition) is 12. The number of carbonyl (C=O) groups is 2. The van der Waals surface area contributed by atoms with Gasteiger partial charge in [0.1, 0.15) is 34.9 Å². The number of thiazole rings is 1. The van der Waals surface area contributed by atoms with E-state index in [-0.39, 0.29) is 54.9 Å². The molecule has 3 heterocycles. The van der Waals surface area contributed by atoms with Gasteiger partial charge in [-0.25, -0.2) is 28.9 Å². The highest BCUT2D eigenvalue weighted by molar-refractivity contribution is 7.14. The van der Waals surface area contributed by atoms with Gasteiger partial charge in [-0.3, -0.25) is 0 Å². The molecule has 0 saturated carbocycles. The van der Waals surface area contributed by atoms with E-state index >= 15 is 0 Å². The van der Waals surface area contributed by atoms with Crippen molar-refractivity contribution in [3.63, 3.8) is 0 Å². The highest BCUT2D eigenvalue weighted by Gasteiger charge is 2.35. The third-order valence-electron chi connectivity index (χ3n) is 5.60. The summed E-state index contributed by atoms with van der Waals surface area (Å²) in [6.07, 6.45) is -1.35. The summed E-state index contributed by atoms with van der Waals surface area (Å²) < 4.78 is 31.2. The fraction of sp³-hybridized carbons (Fsp3) is 0.423. The highest BCUT2D eigenvalue weighted by Crippen LogP contribution is 2.29. The number of nitrogens with one attached hydrogen (secondary N) is 1. The summed E-state index contributed by atoms with van der Waals surface area (Å²) in [6, 6.07) is 6.81. The molecule has 1 aromatic carbocycles. The summed E-state index contributed by atoms with van der Waals surface area (Å²) in [5, 5.41) is 13.1. The van der Waals surface area contributed by atoms with Gasteiger partial charge in [0.05, 0.1) is 24.2 Å². The molecule has 40 heavy (non-hydrogen) atoms. The lowest BCUT2D eigenvalue weighted by Gasteiger charge is -2.35. The SMILES string of the molecule is CCOC(=O)c1ncsc1Nc1ncnc(-c2ccc(O[C@H]3CCN(C(=O)OC(C)(C)C)C[C@@H]3F)c(C#N)c2)n1. The predicted molar refractivity (Wildman–Crippen MR) is 143 cm³/mol. The van der Waals surface area contributed by atoms with Crippen LogP contribution in [0.2, 0.25) is 0 Å². The Labute approximate surface area is 234 Å². The Morgan fingerprint density at radius 3 is 2.77 bits per heavy atom. The minimum absolute atomic E-state index is 0.116. The monoisotopic (exact) mass is 569 g/mol. The first-order valence-corrected chi connectivity index (χ1v) is 13.4. The maximum Gasteiger partial charge on any atom is 0.410 e. The Balaban J connectivity index is 1.45. The molecule has 3 aromatic rings. The number of nitriles is 1. The van der Waals surface area contributed by atoms with Gasteiger partial charge in [0.25, 0.3) is 0 Å². The van der Waals surface area contributed by atoms with Crippen molar-refractivity contribution in [2.45, 2.75) is 52.0 Å². The molecule has 1 amide bonds. The molecule has 1 aliphatic heterocycles. The molecule has 210 valence electrons. The van der Waals surface area contributed by atoms with Crippen molar-refractivity contribution in [2.24, 2.45) is 0 Å². The lowest BCUT2D eigenvalue weighted by Crippen LogP contribution is -2.50. The number of alkyl halides is 1. The van der Waals surface area contributed by atoms with E-state index < -0.39 is 29.9 Å². The minimum Gasteiger partial charge on any atom is -0.486 e.